The summed E-state index contributed by atoms with van der Waals surface area (Å²) in [4.78, 5) is 14.5. The fourth-order valence-electron chi connectivity index (χ4n) is 0.672. The fraction of sp³-hybridized carbons (Fsp3) is 0.250. The highest BCUT2D eigenvalue weighted by molar-refractivity contribution is 4.96. The standard InChI is InChI=1S/C8H8N2O/c1-2-3-6-10-7-4-5-9-8(10)11/h4-5,7H,6H2,1H3. The van der Waals surface area contributed by atoms with Gasteiger partial charge in [0.25, 0.3) is 0 Å². The summed E-state index contributed by atoms with van der Waals surface area (Å²) in [6.45, 7) is 2.16. The lowest BCUT2D eigenvalue weighted by Gasteiger charge is -1.94. The van der Waals surface area contributed by atoms with Gasteiger partial charge in [0, 0.05) is 12.4 Å². The van der Waals surface area contributed by atoms with Crippen LogP contribution >= 0.6 is 0 Å². The molecule has 0 bridgehead atoms. The second kappa shape index (κ2) is 3.57. The third-order valence-electron chi connectivity index (χ3n) is 1.21. The summed E-state index contributed by atoms with van der Waals surface area (Å²) in [7, 11) is 0. The molecule has 0 amide bonds. The van der Waals surface area contributed by atoms with Crippen LogP contribution in [0.5, 0.6) is 0 Å². The molecule has 0 radical (unpaired) electrons. The van der Waals surface area contributed by atoms with Crippen LogP contribution in [0.25, 0.3) is 0 Å². The maximum absolute atomic E-state index is 10.9. The van der Waals surface area contributed by atoms with E-state index in [4.69, 9.17) is 0 Å². The van der Waals surface area contributed by atoms with Crippen molar-refractivity contribution in [2.45, 2.75) is 13.5 Å². The van der Waals surface area contributed by atoms with E-state index in [0.29, 0.717) is 6.54 Å². The molecule has 3 heteroatoms. The van der Waals surface area contributed by atoms with Gasteiger partial charge in [0.05, 0.1) is 6.54 Å². The molecule has 1 heterocycles. The topological polar surface area (TPSA) is 34.9 Å². The molecule has 1 rings (SSSR count). The van der Waals surface area contributed by atoms with Crippen LogP contribution in [0.3, 0.4) is 0 Å². The lowest BCUT2D eigenvalue weighted by Crippen LogP contribution is -2.20. The first-order valence-corrected chi connectivity index (χ1v) is 3.25. The van der Waals surface area contributed by atoms with Gasteiger partial charge in [-0.15, -0.1) is 5.92 Å². The molecule has 56 valence electrons. The van der Waals surface area contributed by atoms with Crippen molar-refractivity contribution in [3.8, 4) is 11.8 Å². The van der Waals surface area contributed by atoms with E-state index in [1.54, 1.807) is 19.2 Å². The molecule has 0 aliphatic rings. The average Bonchev–Trinajstić information content (AvgIpc) is 2.03. The Kier molecular flexibility index (Phi) is 2.45. The van der Waals surface area contributed by atoms with E-state index in [1.165, 1.54) is 10.8 Å². The second-order valence-corrected chi connectivity index (χ2v) is 1.96. The Morgan fingerprint density at radius 1 is 1.73 bits per heavy atom. The molecule has 11 heavy (non-hydrogen) atoms. The van der Waals surface area contributed by atoms with Gasteiger partial charge in [-0.2, -0.15) is 0 Å². The van der Waals surface area contributed by atoms with Crippen LogP contribution in [0.1, 0.15) is 6.92 Å². The third kappa shape index (κ3) is 1.94. The minimum absolute atomic E-state index is 0.254. The molecule has 0 saturated heterocycles. The minimum Gasteiger partial charge on any atom is -0.288 e. The molecule has 0 aliphatic carbocycles. The van der Waals surface area contributed by atoms with Gasteiger partial charge in [0.2, 0.25) is 0 Å². The number of hydrogen-bond donors (Lipinski definition) is 0. The van der Waals surface area contributed by atoms with Crippen LogP contribution in [0.4, 0.5) is 0 Å². The largest absolute Gasteiger partial charge is 0.348 e. The highest BCUT2D eigenvalue weighted by atomic mass is 16.1. The van der Waals surface area contributed by atoms with Crippen molar-refractivity contribution >= 4 is 0 Å². The van der Waals surface area contributed by atoms with Crippen molar-refractivity contribution in [1.82, 2.24) is 9.55 Å². The van der Waals surface area contributed by atoms with Crippen molar-refractivity contribution in [2.24, 2.45) is 0 Å². The second-order valence-electron chi connectivity index (χ2n) is 1.96. The smallest absolute Gasteiger partial charge is 0.288 e. The van der Waals surface area contributed by atoms with E-state index < -0.39 is 0 Å². The summed E-state index contributed by atoms with van der Waals surface area (Å²) in [5.41, 5.74) is -0.254. The van der Waals surface area contributed by atoms with Gasteiger partial charge >= 0.3 is 5.69 Å². The molecule has 3 nitrogen and oxygen atoms in total. The highest BCUT2D eigenvalue weighted by Gasteiger charge is 1.88. The zero-order valence-electron chi connectivity index (χ0n) is 6.24. The molecule has 0 fully saturated rings. The Labute approximate surface area is 64.7 Å². The lowest BCUT2D eigenvalue weighted by molar-refractivity contribution is 0.757. The molecule has 0 aliphatic heterocycles. The molecular formula is C8H8N2O. The van der Waals surface area contributed by atoms with E-state index in [-0.39, 0.29) is 5.69 Å². The average molecular weight is 148 g/mol. The molecular weight excluding hydrogens is 140 g/mol. The van der Waals surface area contributed by atoms with E-state index in [0.717, 1.165) is 0 Å². The van der Waals surface area contributed by atoms with E-state index in [9.17, 15) is 4.79 Å². The maximum Gasteiger partial charge on any atom is 0.348 e. The van der Waals surface area contributed by atoms with Crippen LogP contribution < -0.4 is 5.69 Å². The number of rotatable bonds is 1. The molecule has 0 unspecified atom stereocenters. The summed E-state index contributed by atoms with van der Waals surface area (Å²) in [6, 6.07) is 1.71. The Balaban J connectivity index is 2.92. The van der Waals surface area contributed by atoms with Gasteiger partial charge in [0.15, 0.2) is 0 Å². The highest BCUT2D eigenvalue weighted by Crippen LogP contribution is 1.76. The Hall–Kier alpha value is -1.56. The zero-order valence-corrected chi connectivity index (χ0v) is 6.24. The maximum atomic E-state index is 10.9. The molecule has 0 atom stereocenters. The summed E-state index contributed by atoms with van der Waals surface area (Å²) in [5, 5.41) is 0. The van der Waals surface area contributed by atoms with Gasteiger partial charge in [-0.3, -0.25) is 4.57 Å². The number of nitrogens with zero attached hydrogens (tertiary/aromatic N) is 2. The first-order valence-electron chi connectivity index (χ1n) is 3.25. The van der Waals surface area contributed by atoms with Gasteiger partial charge in [-0.1, -0.05) is 5.92 Å². The van der Waals surface area contributed by atoms with Crippen molar-refractivity contribution in [2.75, 3.05) is 0 Å². The van der Waals surface area contributed by atoms with E-state index in [2.05, 4.69) is 16.8 Å². The minimum atomic E-state index is -0.254. The normalized spacial score (nSPS) is 8.45. The van der Waals surface area contributed by atoms with Crippen molar-refractivity contribution in [3.05, 3.63) is 28.9 Å². The molecule has 0 saturated carbocycles. The monoisotopic (exact) mass is 148 g/mol. The van der Waals surface area contributed by atoms with E-state index in [1.807, 2.05) is 0 Å². The van der Waals surface area contributed by atoms with Crippen LogP contribution in [0.15, 0.2) is 23.3 Å². The first-order chi connectivity index (χ1) is 5.34. The van der Waals surface area contributed by atoms with Crippen LogP contribution in [0.2, 0.25) is 0 Å². The van der Waals surface area contributed by atoms with Crippen molar-refractivity contribution < 1.29 is 0 Å². The van der Waals surface area contributed by atoms with Gasteiger partial charge in [-0.25, -0.2) is 9.78 Å². The zero-order chi connectivity index (χ0) is 8.10. The number of hydrogen-bond acceptors (Lipinski definition) is 2. The summed E-state index contributed by atoms with van der Waals surface area (Å²) in [6.07, 6.45) is 3.14. The third-order valence-corrected chi connectivity index (χ3v) is 1.21. The summed E-state index contributed by atoms with van der Waals surface area (Å²) in [5.74, 6) is 5.48. The quantitative estimate of drug-likeness (QED) is 0.536. The van der Waals surface area contributed by atoms with Crippen LogP contribution in [-0.2, 0) is 6.54 Å². The molecule has 0 spiro atoms. The van der Waals surface area contributed by atoms with E-state index >= 15 is 0 Å². The van der Waals surface area contributed by atoms with Gasteiger partial charge < -0.3 is 0 Å². The Bertz CT molecular complexity index is 343. The Morgan fingerprint density at radius 2 is 2.55 bits per heavy atom. The molecule has 1 aromatic heterocycles. The molecule has 1 aromatic rings. The van der Waals surface area contributed by atoms with Crippen LogP contribution in [0, 0.1) is 11.8 Å². The molecule has 0 aromatic carbocycles. The fourth-order valence-corrected chi connectivity index (χ4v) is 0.672. The predicted octanol–water partition coefficient (Wildman–Crippen LogP) is 0.267. The first kappa shape index (κ1) is 7.55. The van der Waals surface area contributed by atoms with Gasteiger partial charge in [-0.05, 0) is 13.0 Å². The lowest BCUT2D eigenvalue weighted by atomic mass is 10.5. The Morgan fingerprint density at radius 3 is 3.18 bits per heavy atom. The van der Waals surface area contributed by atoms with Gasteiger partial charge in [0.1, 0.15) is 0 Å². The van der Waals surface area contributed by atoms with Crippen molar-refractivity contribution in [1.29, 1.82) is 0 Å². The predicted molar refractivity (Wildman–Crippen MR) is 41.9 cm³/mol. The molecule has 0 N–H and O–H groups in total. The SMILES string of the molecule is CC#CCn1cccnc1=O. The summed E-state index contributed by atoms with van der Waals surface area (Å²) < 4.78 is 1.45. The number of aromatic nitrogens is 2. The summed E-state index contributed by atoms with van der Waals surface area (Å²) >= 11 is 0. The van der Waals surface area contributed by atoms with Crippen LogP contribution in [-0.4, -0.2) is 9.55 Å². The van der Waals surface area contributed by atoms with Crippen molar-refractivity contribution in [3.63, 3.8) is 0 Å².